The number of carboxylic acids is 1. The molecule has 0 spiro atoms. The van der Waals surface area contributed by atoms with Crippen LogP contribution in [0.15, 0.2) is 6.07 Å². The molecular formula is C12H20N4O2. The summed E-state index contributed by atoms with van der Waals surface area (Å²) in [6.45, 7) is 8.53. The van der Waals surface area contributed by atoms with Crippen molar-refractivity contribution in [3.05, 3.63) is 17.5 Å². The predicted molar refractivity (Wildman–Crippen MR) is 67.7 cm³/mol. The highest BCUT2D eigenvalue weighted by Crippen LogP contribution is 2.13. The minimum atomic E-state index is -0.914. The molecule has 100 valence electrons. The highest BCUT2D eigenvalue weighted by atomic mass is 16.4. The maximum absolute atomic E-state index is 11.1. The van der Waals surface area contributed by atoms with Crippen LogP contribution < -0.4 is 5.32 Å². The lowest BCUT2D eigenvalue weighted by atomic mass is 10.3. The molecule has 0 saturated carbocycles. The van der Waals surface area contributed by atoms with Crippen molar-refractivity contribution in [3.8, 4) is 0 Å². The molecule has 0 bridgehead atoms. The van der Waals surface area contributed by atoms with Gasteiger partial charge in [0.25, 0.3) is 0 Å². The van der Waals surface area contributed by atoms with Crippen molar-refractivity contribution in [1.82, 2.24) is 20.0 Å². The first-order valence-corrected chi connectivity index (χ1v) is 6.32. The predicted octanol–water partition coefficient (Wildman–Crippen LogP) is 0.567. The number of carbonyl (C=O) groups is 1. The normalized spacial score (nSPS) is 17.3. The Morgan fingerprint density at radius 1 is 1.50 bits per heavy atom. The molecule has 1 aromatic rings. The van der Waals surface area contributed by atoms with Gasteiger partial charge in [0, 0.05) is 38.8 Å². The maximum Gasteiger partial charge on any atom is 0.354 e. The molecule has 0 atom stereocenters. The van der Waals surface area contributed by atoms with E-state index in [0.29, 0.717) is 0 Å². The summed E-state index contributed by atoms with van der Waals surface area (Å²) < 4.78 is 1.58. The van der Waals surface area contributed by atoms with Crippen molar-refractivity contribution in [2.75, 3.05) is 26.2 Å². The lowest BCUT2D eigenvalue weighted by molar-refractivity contribution is 0.0681. The summed E-state index contributed by atoms with van der Waals surface area (Å²) in [6.07, 6.45) is 0. The Balaban J connectivity index is 2.13. The Kier molecular flexibility index (Phi) is 3.98. The lowest BCUT2D eigenvalue weighted by Gasteiger charge is -2.26. The molecule has 0 aliphatic carbocycles. The van der Waals surface area contributed by atoms with E-state index in [9.17, 15) is 4.79 Å². The molecule has 2 rings (SSSR count). The van der Waals surface area contributed by atoms with Crippen molar-refractivity contribution in [3.63, 3.8) is 0 Å². The van der Waals surface area contributed by atoms with E-state index in [1.807, 2.05) is 13.8 Å². The number of hydrogen-bond acceptors (Lipinski definition) is 4. The second-order valence-corrected chi connectivity index (χ2v) is 4.89. The van der Waals surface area contributed by atoms with Gasteiger partial charge in [-0.25, -0.2) is 4.79 Å². The molecule has 18 heavy (non-hydrogen) atoms. The minimum Gasteiger partial charge on any atom is -0.477 e. The summed E-state index contributed by atoms with van der Waals surface area (Å²) in [5, 5.41) is 16.8. The van der Waals surface area contributed by atoms with Crippen LogP contribution in [0.3, 0.4) is 0 Å². The fraction of sp³-hybridized carbons (Fsp3) is 0.667. The van der Waals surface area contributed by atoms with E-state index in [-0.39, 0.29) is 11.7 Å². The van der Waals surface area contributed by atoms with Gasteiger partial charge in [0.1, 0.15) is 5.69 Å². The standard InChI is InChI=1S/C12H20N4O2/c1-9(2)16-11(12(17)18)7-10(14-16)8-15-5-3-13-4-6-15/h7,9,13H,3-6,8H2,1-2H3,(H,17,18). The van der Waals surface area contributed by atoms with Gasteiger partial charge in [0.05, 0.1) is 5.69 Å². The number of hydrogen-bond donors (Lipinski definition) is 2. The van der Waals surface area contributed by atoms with Gasteiger partial charge < -0.3 is 10.4 Å². The fourth-order valence-corrected chi connectivity index (χ4v) is 2.17. The van der Waals surface area contributed by atoms with Crippen molar-refractivity contribution < 1.29 is 9.90 Å². The second kappa shape index (κ2) is 5.49. The smallest absolute Gasteiger partial charge is 0.354 e. The quantitative estimate of drug-likeness (QED) is 0.819. The molecule has 1 aromatic heterocycles. The molecule has 2 N–H and O–H groups in total. The van der Waals surface area contributed by atoms with Gasteiger partial charge in [-0.3, -0.25) is 9.58 Å². The number of aromatic carboxylic acids is 1. The van der Waals surface area contributed by atoms with Crippen molar-refractivity contribution in [1.29, 1.82) is 0 Å². The minimum absolute atomic E-state index is 0.0628. The molecule has 1 saturated heterocycles. The number of nitrogens with zero attached hydrogens (tertiary/aromatic N) is 3. The zero-order chi connectivity index (χ0) is 13.1. The average Bonchev–Trinajstić information content (AvgIpc) is 2.74. The largest absolute Gasteiger partial charge is 0.477 e. The number of nitrogens with one attached hydrogen (secondary N) is 1. The first kappa shape index (κ1) is 13.0. The van der Waals surface area contributed by atoms with E-state index in [2.05, 4.69) is 15.3 Å². The molecule has 6 nitrogen and oxygen atoms in total. The van der Waals surface area contributed by atoms with Gasteiger partial charge in [-0.05, 0) is 19.9 Å². The topological polar surface area (TPSA) is 70.4 Å². The second-order valence-electron chi connectivity index (χ2n) is 4.89. The zero-order valence-electron chi connectivity index (χ0n) is 10.9. The summed E-state index contributed by atoms with van der Waals surface area (Å²) in [7, 11) is 0. The molecule has 1 aliphatic rings. The van der Waals surface area contributed by atoms with Crippen LogP contribution in [0, 0.1) is 0 Å². The first-order chi connectivity index (χ1) is 8.58. The number of piperazine rings is 1. The summed E-state index contributed by atoms with van der Waals surface area (Å²) in [5.74, 6) is -0.914. The summed E-state index contributed by atoms with van der Waals surface area (Å²) in [5.41, 5.74) is 1.11. The zero-order valence-corrected chi connectivity index (χ0v) is 10.9. The molecule has 2 heterocycles. The average molecular weight is 252 g/mol. The van der Waals surface area contributed by atoms with Crippen molar-refractivity contribution in [2.45, 2.75) is 26.4 Å². The molecule has 1 fully saturated rings. The Bertz CT molecular complexity index is 422. The SMILES string of the molecule is CC(C)n1nc(CN2CCNCC2)cc1C(=O)O. The molecule has 0 unspecified atom stereocenters. The number of rotatable bonds is 4. The molecule has 6 heteroatoms. The molecule has 0 amide bonds. The van der Waals surface area contributed by atoms with Crippen LogP contribution >= 0.6 is 0 Å². The Hall–Kier alpha value is -1.40. The van der Waals surface area contributed by atoms with Crippen LogP contribution in [0.2, 0.25) is 0 Å². The van der Waals surface area contributed by atoms with E-state index in [1.54, 1.807) is 10.7 Å². The van der Waals surface area contributed by atoms with E-state index >= 15 is 0 Å². The Labute approximate surface area is 107 Å². The van der Waals surface area contributed by atoms with Crippen LogP contribution in [-0.2, 0) is 6.54 Å². The van der Waals surface area contributed by atoms with E-state index in [4.69, 9.17) is 5.11 Å². The summed E-state index contributed by atoms with van der Waals surface area (Å²) >= 11 is 0. The number of aromatic nitrogens is 2. The van der Waals surface area contributed by atoms with Crippen LogP contribution in [-0.4, -0.2) is 51.9 Å². The van der Waals surface area contributed by atoms with E-state index in [1.165, 1.54) is 0 Å². The van der Waals surface area contributed by atoms with Gasteiger partial charge in [0.2, 0.25) is 0 Å². The molecule has 1 aliphatic heterocycles. The maximum atomic E-state index is 11.1. The van der Waals surface area contributed by atoms with Crippen molar-refractivity contribution in [2.24, 2.45) is 0 Å². The number of carboxylic acid groups (broad SMARTS) is 1. The third-order valence-corrected chi connectivity index (χ3v) is 3.09. The van der Waals surface area contributed by atoms with Gasteiger partial charge in [-0.1, -0.05) is 0 Å². The van der Waals surface area contributed by atoms with Gasteiger partial charge in [-0.15, -0.1) is 0 Å². The van der Waals surface area contributed by atoms with Crippen LogP contribution in [0.1, 0.15) is 36.1 Å². The van der Waals surface area contributed by atoms with Crippen LogP contribution in [0.4, 0.5) is 0 Å². The summed E-state index contributed by atoms with van der Waals surface area (Å²) in [6, 6.07) is 1.75. The van der Waals surface area contributed by atoms with Crippen LogP contribution in [0.5, 0.6) is 0 Å². The molecule has 0 radical (unpaired) electrons. The lowest BCUT2D eigenvalue weighted by Crippen LogP contribution is -2.42. The highest BCUT2D eigenvalue weighted by molar-refractivity contribution is 5.85. The van der Waals surface area contributed by atoms with E-state index in [0.717, 1.165) is 38.4 Å². The van der Waals surface area contributed by atoms with E-state index < -0.39 is 5.97 Å². The third-order valence-electron chi connectivity index (χ3n) is 3.09. The first-order valence-electron chi connectivity index (χ1n) is 6.32. The van der Waals surface area contributed by atoms with Crippen LogP contribution in [0.25, 0.3) is 0 Å². The summed E-state index contributed by atoms with van der Waals surface area (Å²) in [4.78, 5) is 13.4. The fourth-order valence-electron chi connectivity index (χ4n) is 2.17. The monoisotopic (exact) mass is 252 g/mol. The van der Waals surface area contributed by atoms with Gasteiger partial charge in [0.15, 0.2) is 0 Å². The third kappa shape index (κ3) is 2.88. The highest BCUT2D eigenvalue weighted by Gasteiger charge is 2.18. The van der Waals surface area contributed by atoms with Gasteiger partial charge in [-0.2, -0.15) is 5.10 Å². The Morgan fingerprint density at radius 2 is 2.17 bits per heavy atom. The van der Waals surface area contributed by atoms with Gasteiger partial charge >= 0.3 is 5.97 Å². The molecule has 0 aromatic carbocycles. The molecular weight excluding hydrogens is 232 g/mol. The van der Waals surface area contributed by atoms with Crippen molar-refractivity contribution >= 4 is 5.97 Å². The Morgan fingerprint density at radius 3 is 2.67 bits per heavy atom.